The SMILES string of the molecule is Cc1ccc(C(NN)c2ccccc2F)o1. The van der Waals surface area contributed by atoms with E-state index in [1.54, 1.807) is 24.3 Å². The van der Waals surface area contributed by atoms with E-state index in [0.29, 0.717) is 11.3 Å². The number of nitrogens with two attached hydrogens (primary N) is 1. The summed E-state index contributed by atoms with van der Waals surface area (Å²) in [5, 5.41) is 0. The van der Waals surface area contributed by atoms with Crippen LogP contribution in [0.1, 0.15) is 23.1 Å². The number of hydrogen-bond acceptors (Lipinski definition) is 3. The van der Waals surface area contributed by atoms with Gasteiger partial charge in [0.2, 0.25) is 0 Å². The largest absolute Gasteiger partial charge is 0.464 e. The van der Waals surface area contributed by atoms with E-state index in [9.17, 15) is 4.39 Å². The Hall–Kier alpha value is -1.65. The van der Waals surface area contributed by atoms with E-state index >= 15 is 0 Å². The van der Waals surface area contributed by atoms with Crippen molar-refractivity contribution in [2.75, 3.05) is 0 Å². The molecule has 0 saturated heterocycles. The number of furan rings is 1. The van der Waals surface area contributed by atoms with E-state index in [-0.39, 0.29) is 5.82 Å². The fourth-order valence-corrected chi connectivity index (χ4v) is 1.64. The zero-order chi connectivity index (χ0) is 11.5. The summed E-state index contributed by atoms with van der Waals surface area (Å²) in [7, 11) is 0. The van der Waals surface area contributed by atoms with E-state index in [1.165, 1.54) is 6.07 Å². The molecule has 1 aromatic heterocycles. The molecule has 1 unspecified atom stereocenters. The number of hydrogen-bond donors (Lipinski definition) is 2. The number of rotatable bonds is 3. The van der Waals surface area contributed by atoms with Crippen LogP contribution < -0.4 is 11.3 Å². The third kappa shape index (κ3) is 1.98. The van der Waals surface area contributed by atoms with Crippen molar-refractivity contribution in [2.45, 2.75) is 13.0 Å². The number of aryl methyl sites for hydroxylation is 1. The summed E-state index contributed by atoms with van der Waals surface area (Å²) in [6.07, 6.45) is 0. The second kappa shape index (κ2) is 4.47. The molecule has 0 fully saturated rings. The molecule has 0 spiro atoms. The van der Waals surface area contributed by atoms with Gasteiger partial charge < -0.3 is 4.42 Å². The summed E-state index contributed by atoms with van der Waals surface area (Å²) in [6.45, 7) is 1.83. The van der Waals surface area contributed by atoms with E-state index in [0.717, 1.165) is 5.76 Å². The van der Waals surface area contributed by atoms with Crippen LogP contribution in [0.2, 0.25) is 0 Å². The molecule has 84 valence electrons. The van der Waals surface area contributed by atoms with Gasteiger partial charge in [-0.05, 0) is 25.1 Å². The highest BCUT2D eigenvalue weighted by atomic mass is 19.1. The molecule has 0 saturated carbocycles. The molecule has 4 heteroatoms. The van der Waals surface area contributed by atoms with Crippen molar-refractivity contribution < 1.29 is 8.81 Å². The molecule has 0 aliphatic heterocycles. The van der Waals surface area contributed by atoms with E-state index in [1.807, 2.05) is 13.0 Å². The average molecular weight is 220 g/mol. The molecule has 3 nitrogen and oxygen atoms in total. The standard InChI is InChI=1S/C12H13FN2O/c1-8-6-7-11(16-8)12(15-14)9-4-2-3-5-10(9)13/h2-7,12,15H,14H2,1H3. The lowest BCUT2D eigenvalue weighted by Crippen LogP contribution is -2.29. The summed E-state index contributed by atoms with van der Waals surface area (Å²) in [4.78, 5) is 0. The van der Waals surface area contributed by atoms with Crippen LogP contribution in [-0.2, 0) is 0 Å². The maximum atomic E-state index is 13.6. The highest BCUT2D eigenvalue weighted by Gasteiger charge is 2.18. The molecule has 0 radical (unpaired) electrons. The van der Waals surface area contributed by atoms with Crippen LogP contribution in [0, 0.1) is 12.7 Å². The van der Waals surface area contributed by atoms with Crippen molar-refractivity contribution in [1.82, 2.24) is 5.43 Å². The lowest BCUT2D eigenvalue weighted by Gasteiger charge is -2.14. The molecule has 3 N–H and O–H groups in total. The van der Waals surface area contributed by atoms with Gasteiger partial charge in [-0.2, -0.15) is 0 Å². The van der Waals surface area contributed by atoms with E-state index < -0.39 is 6.04 Å². The summed E-state index contributed by atoms with van der Waals surface area (Å²) in [6, 6.07) is 9.62. The first-order chi connectivity index (χ1) is 7.72. The molecular weight excluding hydrogens is 207 g/mol. The second-order valence-corrected chi connectivity index (χ2v) is 3.57. The molecule has 0 aliphatic carbocycles. The monoisotopic (exact) mass is 220 g/mol. The molecule has 16 heavy (non-hydrogen) atoms. The quantitative estimate of drug-likeness (QED) is 0.616. The Morgan fingerprint density at radius 2 is 2.00 bits per heavy atom. The van der Waals surface area contributed by atoms with Gasteiger partial charge >= 0.3 is 0 Å². The summed E-state index contributed by atoms with van der Waals surface area (Å²) in [5.74, 6) is 6.50. The van der Waals surface area contributed by atoms with Crippen molar-refractivity contribution in [1.29, 1.82) is 0 Å². The average Bonchev–Trinajstić information content (AvgIpc) is 2.69. The Morgan fingerprint density at radius 3 is 2.56 bits per heavy atom. The van der Waals surface area contributed by atoms with Crippen LogP contribution in [0.5, 0.6) is 0 Å². The highest BCUT2D eigenvalue weighted by Crippen LogP contribution is 2.24. The number of nitrogens with one attached hydrogen (secondary N) is 1. The van der Waals surface area contributed by atoms with Crippen LogP contribution in [0.15, 0.2) is 40.8 Å². The van der Waals surface area contributed by atoms with Gasteiger partial charge in [0.25, 0.3) is 0 Å². The molecule has 0 bridgehead atoms. The Balaban J connectivity index is 2.40. The lowest BCUT2D eigenvalue weighted by molar-refractivity contribution is 0.426. The van der Waals surface area contributed by atoms with Gasteiger partial charge in [-0.3, -0.25) is 5.84 Å². The maximum absolute atomic E-state index is 13.6. The van der Waals surface area contributed by atoms with Gasteiger partial charge in [0.15, 0.2) is 0 Å². The van der Waals surface area contributed by atoms with Crippen molar-refractivity contribution in [3.63, 3.8) is 0 Å². The third-order valence-electron chi connectivity index (χ3n) is 2.43. The van der Waals surface area contributed by atoms with Gasteiger partial charge in [0.05, 0.1) is 0 Å². The molecular formula is C12H13FN2O. The minimum absolute atomic E-state index is 0.306. The van der Waals surface area contributed by atoms with Crippen LogP contribution in [0.25, 0.3) is 0 Å². The van der Waals surface area contributed by atoms with Gasteiger partial charge in [0, 0.05) is 5.56 Å². The smallest absolute Gasteiger partial charge is 0.128 e. The van der Waals surface area contributed by atoms with Gasteiger partial charge in [-0.1, -0.05) is 18.2 Å². The predicted molar refractivity (Wildman–Crippen MR) is 59.0 cm³/mol. The molecule has 2 aromatic rings. The van der Waals surface area contributed by atoms with Crippen molar-refractivity contribution in [2.24, 2.45) is 5.84 Å². The molecule has 2 rings (SSSR count). The first kappa shape index (κ1) is 10.9. The first-order valence-electron chi connectivity index (χ1n) is 4.99. The Morgan fingerprint density at radius 1 is 1.25 bits per heavy atom. The normalized spacial score (nSPS) is 12.7. The van der Waals surface area contributed by atoms with E-state index in [4.69, 9.17) is 10.3 Å². The summed E-state index contributed by atoms with van der Waals surface area (Å²) >= 11 is 0. The summed E-state index contributed by atoms with van der Waals surface area (Å²) < 4.78 is 19.0. The van der Waals surface area contributed by atoms with Gasteiger partial charge in [-0.25, -0.2) is 9.82 Å². The highest BCUT2D eigenvalue weighted by molar-refractivity contribution is 5.28. The molecule has 1 aromatic carbocycles. The molecule has 0 amide bonds. The van der Waals surface area contributed by atoms with Crippen molar-refractivity contribution in [3.05, 3.63) is 59.3 Å². The van der Waals surface area contributed by atoms with Crippen molar-refractivity contribution in [3.8, 4) is 0 Å². The number of benzene rings is 1. The topological polar surface area (TPSA) is 51.2 Å². The lowest BCUT2D eigenvalue weighted by atomic mass is 10.0. The fraction of sp³-hybridized carbons (Fsp3) is 0.167. The minimum Gasteiger partial charge on any atom is -0.464 e. The Kier molecular flexibility index (Phi) is 3.03. The molecule has 1 heterocycles. The first-order valence-corrected chi connectivity index (χ1v) is 4.99. The van der Waals surface area contributed by atoms with Crippen LogP contribution in [0.4, 0.5) is 4.39 Å². The Bertz CT molecular complexity index is 481. The van der Waals surface area contributed by atoms with Crippen LogP contribution in [0.3, 0.4) is 0 Å². The zero-order valence-corrected chi connectivity index (χ0v) is 8.91. The van der Waals surface area contributed by atoms with Gasteiger partial charge in [0.1, 0.15) is 23.4 Å². The second-order valence-electron chi connectivity index (χ2n) is 3.57. The predicted octanol–water partition coefficient (Wildman–Crippen LogP) is 2.28. The van der Waals surface area contributed by atoms with Crippen molar-refractivity contribution >= 4 is 0 Å². The zero-order valence-electron chi connectivity index (χ0n) is 8.91. The van der Waals surface area contributed by atoms with Crippen LogP contribution >= 0.6 is 0 Å². The van der Waals surface area contributed by atoms with Crippen LogP contribution in [-0.4, -0.2) is 0 Å². The van der Waals surface area contributed by atoms with Gasteiger partial charge in [-0.15, -0.1) is 0 Å². The Labute approximate surface area is 93.0 Å². The van der Waals surface area contributed by atoms with E-state index in [2.05, 4.69) is 5.43 Å². The summed E-state index contributed by atoms with van der Waals surface area (Å²) in [5.41, 5.74) is 3.03. The number of halogens is 1. The third-order valence-corrected chi connectivity index (χ3v) is 2.43. The minimum atomic E-state index is -0.463. The fourth-order valence-electron chi connectivity index (χ4n) is 1.64. The molecule has 0 aliphatic rings. The number of hydrazine groups is 1. The maximum Gasteiger partial charge on any atom is 0.128 e. The molecule has 1 atom stereocenters.